The molecule has 0 radical (unpaired) electrons. The van der Waals surface area contributed by atoms with Crippen LogP contribution in [0, 0.1) is 17.6 Å². The second-order valence-electron chi connectivity index (χ2n) is 10.2. The van der Waals surface area contributed by atoms with Gasteiger partial charge in [0, 0.05) is 51.4 Å². The molecule has 0 bridgehead atoms. The van der Waals surface area contributed by atoms with Crippen LogP contribution in [0.2, 0.25) is 0 Å². The topological polar surface area (TPSA) is 66.0 Å². The van der Waals surface area contributed by atoms with Gasteiger partial charge < -0.3 is 19.4 Å². The van der Waals surface area contributed by atoms with Crippen molar-refractivity contribution in [3.05, 3.63) is 64.7 Å². The summed E-state index contributed by atoms with van der Waals surface area (Å²) in [5.74, 6) is -2.99. The van der Waals surface area contributed by atoms with Gasteiger partial charge in [-0.3, -0.25) is 9.59 Å². The van der Waals surface area contributed by atoms with Crippen molar-refractivity contribution >= 4 is 11.8 Å². The third-order valence-electron chi connectivity index (χ3n) is 7.87. The van der Waals surface area contributed by atoms with Gasteiger partial charge in [-0.2, -0.15) is 4.39 Å². The van der Waals surface area contributed by atoms with Gasteiger partial charge in [0.1, 0.15) is 6.04 Å². The number of carbonyl (C=O) groups excluding carboxylic acids is 2. The summed E-state index contributed by atoms with van der Waals surface area (Å²) in [6.07, 6.45) is 4.87. The lowest BCUT2D eigenvalue weighted by Gasteiger charge is -2.39. The molecule has 1 unspecified atom stereocenters. The van der Waals surface area contributed by atoms with Crippen LogP contribution in [0.15, 0.2) is 30.5 Å². The second-order valence-corrected chi connectivity index (χ2v) is 10.2. The molecule has 2 fully saturated rings. The Labute approximate surface area is 214 Å². The number of amides is 2. The summed E-state index contributed by atoms with van der Waals surface area (Å²) in [6.45, 7) is 3.68. The van der Waals surface area contributed by atoms with E-state index in [1.807, 2.05) is 0 Å². The summed E-state index contributed by atoms with van der Waals surface area (Å²) in [4.78, 5) is 35.0. The van der Waals surface area contributed by atoms with E-state index in [9.17, 15) is 22.8 Å². The number of halogens is 3. The number of hydrogen-bond donors (Lipinski definition) is 0. The van der Waals surface area contributed by atoms with Crippen molar-refractivity contribution in [2.24, 2.45) is 0 Å². The zero-order valence-corrected chi connectivity index (χ0v) is 20.9. The van der Waals surface area contributed by atoms with Crippen molar-refractivity contribution in [1.29, 1.82) is 0 Å². The van der Waals surface area contributed by atoms with Crippen molar-refractivity contribution < 1.29 is 27.5 Å². The van der Waals surface area contributed by atoms with E-state index in [0.717, 1.165) is 62.2 Å². The van der Waals surface area contributed by atoms with Crippen LogP contribution in [0.3, 0.4) is 0 Å². The Bertz CT molecular complexity index is 1190. The fraction of sp³-hybridized carbons (Fsp3) is 0.519. The first-order valence-electron chi connectivity index (χ1n) is 12.8. The van der Waals surface area contributed by atoms with E-state index in [0.29, 0.717) is 32.5 Å². The van der Waals surface area contributed by atoms with Crippen LogP contribution in [0.5, 0.6) is 0 Å². The highest BCUT2D eigenvalue weighted by Crippen LogP contribution is 2.43. The van der Waals surface area contributed by atoms with Gasteiger partial charge >= 0.3 is 0 Å². The summed E-state index contributed by atoms with van der Waals surface area (Å²) in [7, 11) is 1.68. The maximum Gasteiger partial charge on any atom is 0.249 e. The Hall–Kier alpha value is -2.98. The van der Waals surface area contributed by atoms with E-state index in [1.54, 1.807) is 18.1 Å². The second kappa shape index (κ2) is 10.4. The minimum atomic E-state index is -1.04. The fourth-order valence-corrected chi connectivity index (χ4v) is 5.77. The number of pyridine rings is 1. The molecule has 2 amide bonds. The molecule has 1 spiro atoms. The highest BCUT2D eigenvalue weighted by atomic mass is 19.2. The standard InChI is InChI=1S/C27H31F3N4O3/c1-32(26(36)25(34-11-2-4-24(34)35)18-5-6-21(28)22(29)14-18)9-3-10-33-12-7-27(8-13-33)20-16-31-23(30)15-19(20)17-37-27/h5-6,14-16,25H,2-4,7-13,17H2,1H3. The van der Waals surface area contributed by atoms with Gasteiger partial charge in [-0.15, -0.1) is 0 Å². The zero-order valence-electron chi connectivity index (χ0n) is 20.9. The molecule has 0 N–H and O–H groups in total. The number of benzene rings is 1. The van der Waals surface area contributed by atoms with Gasteiger partial charge in [0.15, 0.2) is 11.6 Å². The highest BCUT2D eigenvalue weighted by Gasteiger charge is 2.43. The van der Waals surface area contributed by atoms with E-state index in [2.05, 4.69) is 9.88 Å². The predicted octanol–water partition coefficient (Wildman–Crippen LogP) is 3.53. The zero-order chi connectivity index (χ0) is 26.2. The van der Waals surface area contributed by atoms with Gasteiger partial charge in [0.2, 0.25) is 17.8 Å². The molecule has 4 heterocycles. The number of carbonyl (C=O) groups is 2. The Morgan fingerprint density at radius 3 is 2.65 bits per heavy atom. The van der Waals surface area contributed by atoms with Crippen LogP contribution < -0.4 is 0 Å². The third-order valence-corrected chi connectivity index (χ3v) is 7.87. The largest absolute Gasteiger partial charge is 0.365 e. The summed E-state index contributed by atoms with van der Waals surface area (Å²) in [5.41, 5.74) is 1.73. The van der Waals surface area contributed by atoms with Gasteiger partial charge in [-0.1, -0.05) is 6.07 Å². The van der Waals surface area contributed by atoms with Gasteiger partial charge in [0.25, 0.3) is 0 Å². The summed E-state index contributed by atoms with van der Waals surface area (Å²) >= 11 is 0. The summed E-state index contributed by atoms with van der Waals surface area (Å²) in [5, 5.41) is 0. The number of hydrogen-bond acceptors (Lipinski definition) is 5. The molecule has 7 nitrogen and oxygen atoms in total. The first-order chi connectivity index (χ1) is 17.8. The molecule has 3 aliphatic rings. The fourth-order valence-electron chi connectivity index (χ4n) is 5.77. The molecule has 1 aromatic heterocycles. The van der Waals surface area contributed by atoms with Gasteiger partial charge in [-0.25, -0.2) is 13.8 Å². The Morgan fingerprint density at radius 2 is 1.95 bits per heavy atom. The molecule has 0 aliphatic carbocycles. The number of aromatic nitrogens is 1. The van der Waals surface area contributed by atoms with Crippen LogP contribution in [0.1, 0.15) is 54.8 Å². The van der Waals surface area contributed by atoms with Crippen LogP contribution in [0.4, 0.5) is 13.2 Å². The number of rotatable bonds is 7. The molecule has 1 atom stereocenters. The van der Waals surface area contributed by atoms with Crippen molar-refractivity contribution in [3.63, 3.8) is 0 Å². The molecule has 10 heteroatoms. The highest BCUT2D eigenvalue weighted by molar-refractivity contribution is 5.89. The summed E-state index contributed by atoms with van der Waals surface area (Å²) in [6, 6.07) is 3.86. The van der Waals surface area contributed by atoms with E-state index >= 15 is 0 Å². The maximum absolute atomic E-state index is 14.0. The lowest BCUT2D eigenvalue weighted by Crippen LogP contribution is -2.44. The molecule has 198 valence electrons. The van der Waals surface area contributed by atoms with E-state index in [4.69, 9.17) is 4.74 Å². The SMILES string of the molecule is CN(CCCN1CCC2(CC1)OCc1cc(F)ncc12)C(=O)C(c1ccc(F)c(F)c1)N1CCCC1=O. The minimum absolute atomic E-state index is 0.160. The average Bonchev–Trinajstić information content (AvgIpc) is 3.46. The van der Waals surface area contributed by atoms with Gasteiger partial charge in [-0.05, 0) is 61.6 Å². The monoisotopic (exact) mass is 516 g/mol. The number of nitrogens with zero attached hydrogens (tertiary/aromatic N) is 4. The number of piperidine rings is 1. The van der Waals surface area contributed by atoms with Crippen LogP contribution in [-0.2, 0) is 26.5 Å². The molecule has 2 aromatic rings. The third kappa shape index (κ3) is 5.09. The Morgan fingerprint density at radius 1 is 1.16 bits per heavy atom. The summed E-state index contributed by atoms with van der Waals surface area (Å²) < 4.78 is 47.1. The minimum Gasteiger partial charge on any atom is -0.365 e. The van der Waals surface area contributed by atoms with E-state index < -0.39 is 29.2 Å². The molecule has 1 aromatic carbocycles. The van der Waals surface area contributed by atoms with E-state index in [1.165, 1.54) is 17.0 Å². The van der Waals surface area contributed by atoms with Crippen molar-refractivity contribution in [2.45, 2.75) is 50.4 Å². The smallest absolute Gasteiger partial charge is 0.249 e. The normalized spacial score (nSPS) is 19.9. The average molecular weight is 517 g/mol. The van der Waals surface area contributed by atoms with E-state index in [-0.39, 0.29) is 17.4 Å². The molecule has 3 aliphatic heterocycles. The van der Waals surface area contributed by atoms with Crippen LogP contribution >= 0.6 is 0 Å². The maximum atomic E-state index is 14.0. The number of likely N-dealkylation sites (tertiary alicyclic amines) is 2. The molecular weight excluding hydrogens is 485 g/mol. The molecule has 0 saturated carbocycles. The predicted molar refractivity (Wildman–Crippen MR) is 129 cm³/mol. The first kappa shape index (κ1) is 25.7. The number of fused-ring (bicyclic) bond motifs is 2. The van der Waals surface area contributed by atoms with Crippen molar-refractivity contribution in [3.8, 4) is 0 Å². The Kier molecular flexibility index (Phi) is 7.22. The lowest BCUT2D eigenvalue weighted by molar-refractivity contribution is -0.143. The number of ether oxygens (including phenoxy) is 1. The van der Waals surface area contributed by atoms with Crippen LogP contribution in [-0.4, -0.2) is 71.3 Å². The van der Waals surface area contributed by atoms with Crippen molar-refractivity contribution in [1.82, 2.24) is 19.7 Å². The number of likely N-dealkylation sites (N-methyl/N-ethyl adjacent to an activating group) is 1. The van der Waals surface area contributed by atoms with Crippen LogP contribution in [0.25, 0.3) is 0 Å². The molecule has 2 saturated heterocycles. The first-order valence-corrected chi connectivity index (χ1v) is 12.8. The van der Waals surface area contributed by atoms with Crippen molar-refractivity contribution in [2.75, 3.05) is 39.8 Å². The van der Waals surface area contributed by atoms with Gasteiger partial charge in [0.05, 0.1) is 12.2 Å². The molecule has 37 heavy (non-hydrogen) atoms. The quantitative estimate of drug-likeness (QED) is 0.527. The Balaban J connectivity index is 1.17. The lowest BCUT2D eigenvalue weighted by atomic mass is 9.84. The molecule has 5 rings (SSSR count). The molecular formula is C27H31F3N4O3.